The first-order valence-corrected chi connectivity index (χ1v) is 8.62. The average Bonchev–Trinajstić information content (AvgIpc) is 2.87. The molecule has 2 aliphatic rings. The van der Waals surface area contributed by atoms with Crippen molar-refractivity contribution in [1.82, 2.24) is 10.2 Å². The normalized spacial score (nSPS) is 21.4. The second-order valence-corrected chi connectivity index (χ2v) is 6.71. The summed E-state index contributed by atoms with van der Waals surface area (Å²) in [7, 11) is 1.54. The molecule has 4 rings (SSSR count). The molecule has 0 radical (unpaired) electrons. The van der Waals surface area contributed by atoms with Gasteiger partial charge in [-0.2, -0.15) is 0 Å². The number of hydrogen-bond acceptors (Lipinski definition) is 4. The number of nitrogens with one attached hydrogen (secondary N) is 1. The Balaban J connectivity index is 1.71. The molecule has 0 aromatic heterocycles. The van der Waals surface area contributed by atoms with Crippen LogP contribution in [0.5, 0.6) is 11.5 Å². The quantitative estimate of drug-likeness (QED) is 0.841. The minimum absolute atomic E-state index is 0.0825. The van der Waals surface area contributed by atoms with Gasteiger partial charge in [-0.05, 0) is 24.3 Å². The van der Waals surface area contributed by atoms with Crippen LogP contribution in [0.15, 0.2) is 42.5 Å². The SMILES string of the molecule is COc1ccc(Cl)cc1CN1C(=O)N[C@]2(CCOc3ccccc32)C1=O. The van der Waals surface area contributed by atoms with Gasteiger partial charge in [-0.15, -0.1) is 0 Å². The highest BCUT2D eigenvalue weighted by molar-refractivity contribution is 6.30. The van der Waals surface area contributed by atoms with Crippen LogP contribution in [0.4, 0.5) is 4.79 Å². The van der Waals surface area contributed by atoms with E-state index in [1.807, 2.05) is 18.2 Å². The number of para-hydroxylation sites is 1. The van der Waals surface area contributed by atoms with E-state index in [-0.39, 0.29) is 12.5 Å². The standard InChI is InChI=1S/C19H17ClN2O4/c1-25-15-7-6-13(20)10-12(15)11-22-17(23)19(21-18(22)24)8-9-26-16-5-3-2-4-14(16)19/h2-7,10H,8-9,11H2,1H3,(H,21,24)/t19-/m0/s1. The lowest BCUT2D eigenvalue weighted by molar-refractivity contribution is -0.133. The second kappa shape index (κ2) is 6.21. The zero-order valence-corrected chi connectivity index (χ0v) is 14.9. The van der Waals surface area contributed by atoms with Gasteiger partial charge in [-0.25, -0.2) is 4.79 Å². The lowest BCUT2D eigenvalue weighted by atomic mass is 9.84. The van der Waals surface area contributed by atoms with Crippen molar-refractivity contribution in [2.75, 3.05) is 13.7 Å². The number of nitrogens with zero attached hydrogens (tertiary/aromatic N) is 1. The molecule has 0 bridgehead atoms. The monoisotopic (exact) mass is 372 g/mol. The average molecular weight is 373 g/mol. The van der Waals surface area contributed by atoms with E-state index < -0.39 is 11.6 Å². The Morgan fingerprint density at radius 3 is 2.88 bits per heavy atom. The van der Waals surface area contributed by atoms with E-state index in [1.54, 1.807) is 24.3 Å². The molecule has 0 unspecified atom stereocenters. The fourth-order valence-electron chi connectivity index (χ4n) is 3.56. The molecule has 6 nitrogen and oxygen atoms in total. The number of benzene rings is 2. The lowest BCUT2D eigenvalue weighted by Gasteiger charge is -2.33. The van der Waals surface area contributed by atoms with Crippen molar-refractivity contribution >= 4 is 23.5 Å². The highest BCUT2D eigenvalue weighted by atomic mass is 35.5. The number of methoxy groups -OCH3 is 1. The molecule has 1 saturated heterocycles. The highest BCUT2D eigenvalue weighted by Crippen LogP contribution is 2.41. The third-order valence-electron chi connectivity index (χ3n) is 4.83. The first kappa shape index (κ1) is 16.7. The number of hydrogen-bond donors (Lipinski definition) is 1. The molecule has 2 aromatic rings. The maximum Gasteiger partial charge on any atom is 0.325 e. The van der Waals surface area contributed by atoms with E-state index >= 15 is 0 Å². The van der Waals surface area contributed by atoms with Gasteiger partial charge in [0.2, 0.25) is 0 Å². The number of urea groups is 1. The van der Waals surface area contributed by atoms with E-state index in [2.05, 4.69) is 5.32 Å². The van der Waals surface area contributed by atoms with Crippen LogP contribution in [0, 0.1) is 0 Å². The third-order valence-corrected chi connectivity index (χ3v) is 5.06. The molecule has 3 amide bonds. The fraction of sp³-hybridized carbons (Fsp3) is 0.263. The summed E-state index contributed by atoms with van der Waals surface area (Å²) in [6.07, 6.45) is 0.387. The Morgan fingerprint density at radius 1 is 1.27 bits per heavy atom. The largest absolute Gasteiger partial charge is 0.496 e. The van der Waals surface area contributed by atoms with Gasteiger partial charge in [-0.1, -0.05) is 29.8 Å². The summed E-state index contributed by atoms with van der Waals surface area (Å²) in [5.41, 5.74) is 0.267. The zero-order chi connectivity index (χ0) is 18.3. The van der Waals surface area contributed by atoms with Crippen molar-refractivity contribution in [3.05, 3.63) is 58.6 Å². The summed E-state index contributed by atoms with van der Waals surface area (Å²) in [6.45, 7) is 0.441. The predicted octanol–water partition coefficient (Wildman–Crippen LogP) is 3.08. The van der Waals surface area contributed by atoms with Gasteiger partial charge in [0.1, 0.15) is 11.5 Å². The second-order valence-electron chi connectivity index (χ2n) is 6.28. The molecule has 1 fully saturated rings. The molecular formula is C19H17ClN2O4. The summed E-state index contributed by atoms with van der Waals surface area (Å²) >= 11 is 6.07. The van der Waals surface area contributed by atoms with Crippen LogP contribution < -0.4 is 14.8 Å². The molecule has 2 aliphatic heterocycles. The Hall–Kier alpha value is -2.73. The van der Waals surface area contributed by atoms with Crippen molar-refractivity contribution in [2.24, 2.45) is 0 Å². The van der Waals surface area contributed by atoms with E-state index in [0.29, 0.717) is 40.7 Å². The number of ether oxygens (including phenoxy) is 2. The van der Waals surface area contributed by atoms with Gasteiger partial charge < -0.3 is 14.8 Å². The van der Waals surface area contributed by atoms with E-state index in [9.17, 15) is 9.59 Å². The Labute approximate surface area is 155 Å². The van der Waals surface area contributed by atoms with Crippen molar-refractivity contribution in [3.8, 4) is 11.5 Å². The summed E-state index contributed by atoms with van der Waals surface area (Å²) in [4.78, 5) is 27.1. The topological polar surface area (TPSA) is 67.9 Å². The summed E-state index contributed by atoms with van der Waals surface area (Å²) in [6, 6.07) is 12.0. The summed E-state index contributed by atoms with van der Waals surface area (Å²) < 4.78 is 11.0. The van der Waals surface area contributed by atoms with Crippen LogP contribution in [0.3, 0.4) is 0 Å². The maximum atomic E-state index is 13.3. The first-order chi connectivity index (χ1) is 12.5. The van der Waals surface area contributed by atoms with Crippen LogP contribution in [0.1, 0.15) is 17.5 Å². The molecule has 134 valence electrons. The van der Waals surface area contributed by atoms with Crippen molar-refractivity contribution in [2.45, 2.75) is 18.5 Å². The Bertz CT molecular complexity index is 901. The van der Waals surface area contributed by atoms with Gasteiger partial charge in [0.05, 0.1) is 20.3 Å². The van der Waals surface area contributed by atoms with Gasteiger partial charge >= 0.3 is 6.03 Å². The van der Waals surface area contributed by atoms with Crippen LogP contribution in [0.2, 0.25) is 5.02 Å². The lowest BCUT2D eigenvalue weighted by Crippen LogP contribution is -2.47. The molecule has 2 heterocycles. The molecular weight excluding hydrogens is 356 g/mol. The predicted molar refractivity (Wildman–Crippen MR) is 95.3 cm³/mol. The van der Waals surface area contributed by atoms with Gasteiger partial charge in [0.15, 0.2) is 5.54 Å². The summed E-state index contributed by atoms with van der Waals surface area (Å²) in [5.74, 6) is 0.901. The Kier molecular flexibility index (Phi) is 4.00. The molecule has 7 heteroatoms. The van der Waals surface area contributed by atoms with Crippen molar-refractivity contribution < 1.29 is 19.1 Å². The van der Waals surface area contributed by atoms with E-state index in [1.165, 1.54) is 12.0 Å². The molecule has 26 heavy (non-hydrogen) atoms. The third kappa shape index (κ3) is 2.49. The molecule has 1 N–H and O–H groups in total. The van der Waals surface area contributed by atoms with Crippen LogP contribution in [0.25, 0.3) is 0 Å². The molecule has 1 spiro atoms. The number of imide groups is 1. The minimum Gasteiger partial charge on any atom is -0.496 e. The smallest absolute Gasteiger partial charge is 0.325 e. The van der Waals surface area contributed by atoms with Gasteiger partial charge in [0.25, 0.3) is 5.91 Å². The number of fused-ring (bicyclic) bond motifs is 2. The number of halogens is 1. The van der Waals surface area contributed by atoms with Gasteiger partial charge in [0, 0.05) is 22.6 Å². The van der Waals surface area contributed by atoms with E-state index in [0.717, 1.165) is 0 Å². The van der Waals surface area contributed by atoms with Crippen molar-refractivity contribution in [1.29, 1.82) is 0 Å². The number of amides is 3. The van der Waals surface area contributed by atoms with Crippen LogP contribution in [-0.2, 0) is 16.9 Å². The Morgan fingerprint density at radius 2 is 2.08 bits per heavy atom. The molecule has 0 saturated carbocycles. The highest BCUT2D eigenvalue weighted by Gasteiger charge is 2.54. The molecule has 0 aliphatic carbocycles. The van der Waals surface area contributed by atoms with Crippen LogP contribution in [-0.4, -0.2) is 30.6 Å². The first-order valence-electron chi connectivity index (χ1n) is 8.24. The number of rotatable bonds is 3. The fourth-order valence-corrected chi connectivity index (χ4v) is 3.75. The minimum atomic E-state index is -1.09. The maximum absolute atomic E-state index is 13.3. The zero-order valence-electron chi connectivity index (χ0n) is 14.1. The van der Waals surface area contributed by atoms with Crippen molar-refractivity contribution in [3.63, 3.8) is 0 Å². The molecule has 1 atom stereocenters. The van der Waals surface area contributed by atoms with Crippen LogP contribution >= 0.6 is 11.6 Å². The van der Waals surface area contributed by atoms with Gasteiger partial charge in [-0.3, -0.25) is 9.69 Å². The van der Waals surface area contributed by atoms with E-state index in [4.69, 9.17) is 21.1 Å². The summed E-state index contributed by atoms with van der Waals surface area (Å²) in [5, 5.41) is 3.39. The number of carbonyl (C=O) groups is 2. The number of carbonyl (C=O) groups excluding carboxylic acids is 2. The molecule has 2 aromatic carbocycles.